The number of ether oxygens (including phenoxy) is 2. The van der Waals surface area contributed by atoms with Crippen LogP contribution in [0.3, 0.4) is 0 Å². The van der Waals surface area contributed by atoms with Gasteiger partial charge in [0.05, 0.1) is 14.2 Å². The van der Waals surface area contributed by atoms with E-state index >= 15 is 0 Å². The van der Waals surface area contributed by atoms with Crippen molar-refractivity contribution in [2.45, 2.75) is 38.3 Å². The van der Waals surface area contributed by atoms with Crippen molar-refractivity contribution >= 4 is 5.97 Å². The number of aryl methyl sites for hydroxylation is 1. The number of hydrogen-bond donors (Lipinski definition) is 1. The molecule has 0 aliphatic heterocycles. The molecule has 1 unspecified atom stereocenters. The summed E-state index contributed by atoms with van der Waals surface area (Å²) in [6.07, 6.45) is 3.15. The Bertz CT molecular complexity index is 455. The van der Waals surface area contributed by atoms with E-state index in [0.717, 1.165) is 30.6 Å². The minimum Gasteiger partial charge on any atom is -0.496 e. The van der Waals surface area contributed by atoms with Gasteiger partial charge in [0, 0.05) is 11.6 Å². The average molecular weight is 263 g/mol. The molecule has 0 radical (unpaired) electrons. The van der Waals surface area contributed by atoms with Crippen LogP contribution in [0.2, 0.25) is 0 Å². The summed E-state index contributed by atoms with van der Waals surface area (Å²) in [6, 6.07) is 5.93. The standard InChI is InChI=1S/C15H21NO3/c1-4-10-5-8-13(18-2)12(9-10)14(15(17)19-3)16-11-6-7-11/h5,8-9,11,14,16H,4,6-7H2,1-3H3. The summed E-state index contributed by atoms with van der Waals surface area (Å²) in [6.45, 7) is 2.09. The Hall–Kier alpha value is -1.55. The van der Waals surface area contributed by atoms with Gasteiger partial charge in [-0.15, -0.1) is 0 Å². The Balaban J connectivity index is 2.34. The minimum absolute atomic E-state index is 0.265. The van der Waals surface area contributed by atoms with Gasteiger partial charge in [0.15, 0.2) is 0 Å². The highest BCUT2D eigenvalue weighted by Crippen LogP contribution is 2.31. The summed E-state index contributed by atoms with van der Waals surface area (Å²) in [4.78, 5) is 12.0. The third kappa shape index (κ3) is 3.26. The first kappa shape index (κ1) is 13.9. The van der Waals surface area contributed by atoms with E-state index in [1.165, 1.54) is 12.7 Å². The van der Waals surface area contributed by atoms with Crippen LogP contribution in [0.15, 0.2) is 18.2 Å². The molecule has 1 aliphatic rings. The molecule has 0 spiro atoms. The van der Waals surface area contributed by atoms with Crippen molar-refractivity contribution in [2.24, 2.45) is 0 Å². The number of rotatable bonds is 6. The average Bonchev–Trinajstić information content (AvgIpc) is 3.27. The molecule has 0 bridgehead atoms. The molecule has 19 heavy (non-hydrogen) atoms. The Morgan fingerprint density at radius 3 is 2.68 bits per heavy atom. The lowest BCUT2D eigenvalue weighted by Crippen LogP contribution is -2.31. The number of nitrogens with one attached hydrogen (secondary N) is 1. The Kier molecular flexibility index (Phi) is 4.43. The van der Waals surface area contributed by atoms with E-state index in [4.69, 9.17) is 9.47 Å². The van der Waals surface area contributed by atoms with Crippen LogP contribution in [0, 0.1) is 0 Å². The molecule has 2 rings (SSSR count). The minimum atomic E-state index is -0.445. The molecule has 1 atom stereocenters. The maximum atomic E-state index is 12.0. The van der Waals surface area contributed by atoms with E-state index in [-0.39, 0.29) is 5.97 Å². The maximum Gasteiger partial charge on any atom is 0.327 e. The van der Waals surface area contributed by atoms with Crippen molar-refractivity contribution in [3.63, 3.8) is 0 Å². The first-order valence-corrected chi connectivity index (χ1v) is 6.70. The second-order valence-electron chi connectivity index (χ2n) is 4.83. The number of carbonyl (C=O) groups is 1. The SMILES string of the molecule is CCc1ccc(OC)c(C(NC2CC2)C(=O)OC)c1. The van der Waals surface area contributed by atoms with Crippen molar-refractivity contribution < 1.29 is 14.3 Å². The molecule has 104 valence electrons. The first-order chi connectivity index (χ1) is 9.19. The molecule has 1 aromatic carbocycles. The number of hydrogen-bond acceptors (Lipinski definition) is 4. The van der Waals surface area contributed by atoms with E-state index in [9.17, 15) is 4.79 Å². The molecular weight excluding hydrogens is 242 g/mol. The van der Waals surface area contributed by atoms with Crippen LogP contribution < -0.4 is 10.1 Å². The number of methoxy groups -OCH3 is 2. The summed E-state index contributed by atoms with van der Waals surface area (Å²) in [7, 11) is 3.04. The Morgan fingerprint density at radius 2 is 2.16 bits per heavy atom. The van der Waals surface area contributed by atoms with Gasteiger partial charge < -0.3 is 9.47 Å². The van der Waals surface area contributed by atoms with Crippen LogP contribution in [0.5, 0.6) is 5.75 Å². The largest absolute Gasteiger partial charge is 0.496 e. The van der Waals surface area contributed by atoms with Gasteiger partial charge in [-0.1, -0.05) is 13.0 Å². The second kappa shape index (κ2) is 6.06. The third-order valence-electron chi connectivity index (χ3n) is 3.43. The quantitative estimate of drug-likeness (QED) is 0.799. The predicted molar refractivity (Wildman–Crippen MR) is 73.3 cm³/mol. The maximum absolute atomic E-state index is 12.0. The van der Waals surface area contributed by atoms with Crippen molar-refractivity contribution in [3.05, 3.63) is 29.3 Å². The van der Waals surface area contributed by atoms with Crippen molar-refractivity contribution in [2.75, 3.05) is 14.2 Å². The summed E-state index contributed by atoms with van der Waals surface area (Å²) >= 11 is 0. The highest BCUT2D eigenvalue weighted by Gasteiger charge is 2.31. The fraction of sp³-hybridized carbons (Fsp3) is 0.533. The summed E-state index contributed by atoms with van der Waals surface area (Å²) < 4.78 is 10.3. The normalized spacial score (nSPS) is 15.9. The highest BCUT2D eigenvalue weighted by molar-refractivity contribution is 5.78. The van der Waals surface area contributed by atoms with E-state index in [1.54, 1.807) is 7.11 Å². The smallest absolute Gasteiger partial charge is 0.327 e. The molecule has 4 heteroatoms. The fourth-order valence-corrected chi connectivity index (χ4v) is 2.12. The zero-order chi connectivity index (χ0) is 13.8. The van der Waals surface area contributed by atoms with E-state index in [2.05, 4.69) is 12.2 Å². The number of esters is 1. The van der Waals surface area contributed by atoms with Gasteiger partial charge in [0.2, 0.25) is 0 Å². The highest BCUT2D eigenvalue weighted by atomic mass is 16.5. The third-order valence-corrected chi connectivity index (χ3v) is 3.43. The lowest BCUT2D eigenvalue weighted by Gasteiger charge is -2.20. The van der Waals surface area contributed by atoms with Gasteiger partial charge in [-0.05, 0) is 37.0 Å². The van der Waals surface area contributed by atoms with Crippen LogP contribution in [-0.4, -0.2) is 26.2 Å². The lowest BCUT2D eigenvalue weighted by molar-refractivity contribution is -0.143. The second-order valence-corrected chi connectivity index (χ2v) is 4.83. The molecule has 0 aromatic heterocycles. The van der Waals surface area contributed by atoms with Gasteiger partial charge in [-0.3, -0.25) is 5.32 Å². The summed E-state index contributed by atoms with van der Waals surface area (Å²) in [5.41, 5.74) is 2.04. The van der Waals surface area contributed by atoms with E-state index in [1.807, 2.05) is 18.2 Å². The molecule has 1 aromatic rings. The van der Waals surface area contributed by atoms with Gasteiger partial charge in [0.1, 0.15) is 11.8 Å². The molecule has 1 fully saturated rings. The zero-order valence-corrected chi connectivity index (χ0v) is 11.7. The molecule has 1 N–H and O–H groups in total. The van der Waals surface area contributed by atoms with Crippen molar-refractivity contribution in [1.29, 1.82) is 0 Å². The van der Waals surface area contributed by atoms with Crippen LogP contribution in [0.4, 0.5) is 0 Å². The van der Waals surface area contributed by atoms with Gasteiger partial charge in [-0.2, -0.15) is 0 Å². The van der Waals surface area contributed by atoms with Crippen LogP contribution in [-0.2, 0) is 16.0 Å². The van der Waals surface area contributed by atoms with Gasteiger partial charge in [-0.25, -0.2) is 4.79 Å². The number of carbonyl (C=O) groups excluding carboxylic acids is 1. The topological polar surface area (TPSA) is 47.6 Å². The zero-order valence-electron chi connectivity index (χ0n) is 11.7. The molecule has 0 saturated heterocycles. The lowest BCUT2D eigenvalue weighted by atomic mass is 10.0. The van der Waals surface area contributed by atoms with E-state index < -0.39 is 6.04 Å². The van der Waals surface area contributed by atoms with Crippen LogP contribution >= 0.6 is 0 Å². The number of benzene rings is 1. The van der Waals surface area contributed by atoms with Gasteiger partial charge >= 0.3 is 5.97 Å². The summed E-state index contributed by atoms with van der Waals surface area (Å²) in [5, 5.41) is 3.33. The summed E-state index contributed by atoms with van der Waals surface area (Å²) in [5.74, 6) is 0.458. The molecule has 4 nitrogen and oxygen atoms in total. The monoisotopic (exact) mass is 263 g/mol. The molecule has 0 amide bonds. The Labute approximate surface area is 114 Å². The molecule has 1 saturated carbocycles. The van der Waals surface area contributed by atoms with E-state index in [0.29, 0.717) is 6.04 Å². The van der Waals surface area contributed by atoms with Gasteiger partial charge in [0.25, 0.3) is 0 Å². The van der Waals surface area contributed by atoms with Crippen LogP contribution in [0.1, 0.15) is 36.9 Å². The van der Waals surface area contributed by atoms with Crippen LogP contribution in [0.25, 0.3) is 0 Å². The molecular formula is C15H21NO3. The van der Waals surface area contributed by atoms with Crippen molar-refractivity contribution in [3.8, 4) is 5.75 Å². The molecule has 0 heterocycles. The predicted octanol–water partition coefficient (Wildman–Crippen LogP) is 2.22. The molecule has 1 aliphatic carbocycles. The Morgan fingerprint density at radius 1 is 1.42 bits per heavy atom. The fourth-order valence-electron chi connectivity index (χ4n) is 2.12. The first-order valence-electron chi connectivity index (χ1n) is 6.70. The van der Waals surface area contributed by atoms with Crippen molar-refractivity contribution in [1.82, 2.24) is 5.32 Å².